The average Bonchev–Trinajstić information content (AvgIpc) is 2.04. The minimum absolute atomic E-state index is 0.716. The van der Waals surface area contributed by atoms with Gasteiger partial charge in [-0.2, -0.15) is 0 Å². The molecule has 0 fully saturated rings. The van der Waals surface area contributed by atoms with Crippen LogP contribution in [0.1, 0.15) is 34.1 Å². The summed E-state index contributed by atoms with van der Waals surface area (Å²) in [5.74, 6) is 2.22. The maximum Gasteiger partial charge on any atom is -0.0171 e. The van der Waals surface area contributed by atoms with Gasteiger partial charge in [-0.1, -0.05) is 45.9 Å². The summed E-state index contributed by atoms with van der Waals surface area (Å²) < 4.78 is 0. The van der Waals surface area contributed by atoms with Gasteiger partial charge in [-0.05, 0) is 29.7 Å². The van der Waals surface area contributed by atoms with Crippen molar-refractivity contribution < 1.29 is 0 Å². The summed E-state index contributed by atoms with van der Waals surface area (Å²) in [6.45, 7) is 9.16. The summed E-state index contributed by atoms with van der Waals surface area (Å²) in [7, 11) is 0. The van der Waals surface area contributed by atoms with Crippen molar-refractivity contribution in [1.82, 2.24) is 0 Å². The fourth-order valence-electron chi connectivity index (χ4n) is 1.47. The van der Waals surface area contributed by atoms with Crippen molar-refractivity contribution in [3.63, 3.8) is 0 Å². The van der Waals surface area contributed by atoms with Crippen LogP contribution < -0.4 is 0 Å². The van der Waals surface area contributed by atoms with Crippen LogP contribution in [0, 0.1) is 17.8 Å². The highest BCUT2D eigenvalue weighted by Crippen LogP contribution is 2.26. The van der Waals surface area contributed by atoms with Gasteiger partial charge in [0, 0.05) is 0 Å². The summed E-state index contributed by atoms with van der Waals surface area (Å²) in [6, 6.07) is 0. The Hall–Kier alpha value is -0.520. The molecule has 0 radical (unpaired) electrons. The number of rotatable bonds is 2. The first kappa shape index (κ1) is 9.57. The van der Waals surface area contributed by atoms with Crippen LogP contribution in [0.3, 0.4) is 0 Å². The zero-order valence-corrected chi connectivity index (χ0v) is 8.67. The number of hydrogen-bond acceptors (Lipinski definition) is 0. The lowest BCUT2D eigenvalue weighted by Crippen LogP contribution is -2.08. The average molecular weight is 164 g/mol. The quantitative estimate of drug-likeness (QED) is 0.582. The fraction of sp³-hybridized carbons (Fsp3) is 0.667. The van der Waals surface area contributed by atoms with Gasteiger partial charge in [-0.3, -0.25) is 0 Å². The van der Waals surface area contributed by atoms with Crippen LogP contribution in [0.4, 0.5) is 0 Å². The molecule has 2 unspecified atom stereocenters. The van der Waals surface area contributed by atoms with Gasteiger partial charge in [0.2, 0.25) is 0 Å². The third-order valence-corrected chi connectivity index (χ3v) is 2.87. The minimum Gasteiger partial charge on any atom is -0.0811 e. The van der Waals surface area contributed by atoms with Crippen molar-refractivity contribution in [3.8, 4) is 0 Å². The maximum absolute atomic E-state index is 2.40. The van der Waals surface area contributed by atoms with Crippen LogP contribution in [0.25, 0.3) is 0 Å². The molecule has 2 atom stereocenters. The van der Waals surface area contributed by atoms with Gasteiger partial charge < -0.3 is 0 Å². The standard InChI is InChI=1S/C12H20/c1-9(2)11(4)12-7-5-10(3)6-8-12/h5,7-11H,6H2,1-4H3. The van der Waals surface area contributed by atoms with E-state index in [0.717, 1.165) is 11.8 Å². The van der Waals surface area contributed by atoms with Crippen molar-refractivity contribution in [2.45, 2.75) is 34.1 Å². The summed E-state index contributed by atoms with van der Waals surface area (Å²) in [5.41, 5.74) is 1.53. The molecule has 0 aromatic heterocycles. The van der Waals surface area contributed by atoms with E-state index in [1.807, 2.05) is 0 Å². The fourth-order valence-corrected chi connectivity index (χ4v) is 1.47. The normalized spacial score (nSPS) is 25.8. The Morgan fingerprint density at radius 1 is 1.33 bits per heavy atom. The molecule has 0 N–H and O–H groups in total. The van der Waals surface area contributed by atoms with Gasteiger partial charge in [0.05, 0.1) is 0 Å². The maximum atomic E-state index is 2.40. The highest BCUT2D eigenvalue weighted by atomic mass is 14.2. The van der Waals surface area contributed by atoms with E-state index >= 15 is 0 Å². The third-order valence-electron chi connectivity index (χ3n) is 2.87. The predicted molar refractivity (Wildman–Crippen MR) is 55.0 cm³/mol. The molecule has 0 saturated carbocycles. The highest BCUT2D eigenvalue weighted by Gasteiger charge is 2.12. The van der Waals surface area contributed by atoms with Crippen LogP contribution in [0.15, 0.2) is 23.8 Å². The Balaban J connectivity index is 2.60. The van der Waals surface area contributed by atoms with Crippen molar-refractivity contribution >= 4 is 0 Å². The Bertz CT molecular complexity index is 196. The van der Waals surface area contributed by atoms with Crippen molar-refractivity contribution in [2.75, 3.05) is 0 Å². The molecule has 0 aromatic carbocycles. The molecule has 68 valence electrons. The second kappa shape index (κ2) is 3.93. The molecule has 1 aliphatic carbocycles. The first-order chi connectivity index (χ1) is 5.61. The second-order valence-corrected chi connectivity index (χ2v) is 4.31. The van der Waals surface area contributed by atoms with Gasteiger partial charge >= 0.3 is 0 Å². The lowest BCUT2D eigenvalue weighted by atomic mass is 9.85. The molecule has 0 amide bonds. The monoisotopic (exact) mass is 164 g/mol. The molecule has 0 spiro atoms. The Labute approximate surface area is 76.4 Å². The SMILES string of the molecule is CC1C=CC(C(C)C(C)C)=CC1. The zero-order chi connectivity index (χ0) is 9.14. The van der Waals surface area contributed by atoms with Crippen LogP contribution in [0.5, 0.6) is 0 Å². The molecule has 0 heteroatoms. The summed E-state index contributed by atoms with van der Waals surface area (Å²) >= 11 is 0. The van der Waals surface area contributed by atoms with Crippen LogP contribution in [-0.2, 0) is 0 Å². The first-order valence-corrected chi connectivity index (χ1v) is 4.99. The van der Waals surface area contributed by atoms with Gasteiger partial charge in [0.1, 0.15) is 0 Å². The van der Waals surface area contributed by atoms with Gasteiger partial charge in [-0.15, -0.1) is 0 Å². The van der Waals surface area contributed by atoms with Gasteiger partial charge in [0.25, 0.3) is 0 Å². The number of allylic oxidation sites excluding steroid dienone is 4. The summed E-state index contributed by atoms with van der Waals surface area (Å²) in [5, 5.41) is 0. The lowest BCUT2D eigenvalue weighted by molar-refractivity contribution is 0.482. The molecule has 0 saturated heterocycles. The van der Waals surface area contributed by atoms with E-state index in [-0.39, 0.29) is 0 Å². The molecule has 0 bridgehead atoms. The molecule has 1 rings (SSSR count). The van der Waals surface area contributed by atoms with Gasteiger partial charge in [-0.25, -0.2) is 0 Å². The zero-order valence-electron chi connectivity index (χ0n) is 8.67. The van der Waals surface area contributed by atoms with Crippen LogP contribution in [0.2, 0.25) is 0 Å². The van der Waals surface area contributed by atoms with E-state index in [1.165, 1.54) is 12.0 Å². The van der Waals surface area contributed by atoms with Crippen molar-refractivity contribution in [2.24, 2.45) is 17.8 Å². The van der Waals surface area contributed by atoms with Crippen LogP contribution in [-0.4, -0.2) is 0 Å². The molecular weight excluding hydrogens is 144 g/mol. The molecule has 1 aliphatic rings. The Morgan fingerprint density at radius 3 is 2.42 bits per heavy atom. The van der Waals surface area contributed by atoms with Gasteiger partial charge in [0.15, 0.2) is 0 Å². The highest BCUT2D eigenvalue weighted by molar-refractivity contribution is 5.25. The third kappa shape index (κ3) is 2.23. The minimum atomic E-state index is 0.716. The largest absolute Gasteiger partial charge is 0.0811 e. The molecule has 0 aromatic rings. The van der Waals surface area contributed by atoms with E-state index in [4.69, 9.17) is 0 Å². The number of hydrogen-bond donors (Lipinski definition) is 0. The Kier molecular flexibility index (Phi) is 3.13. The predicted octanol–water partition coefficient (Wildman–Crippen LogP) is 3.80. The molecule has 0 aliphatic heterocycles. The molecule has 0 nitrogen and oxygen atoms in total. The van der Waals surface area contributed by atoms with E-state index in [0.29, 0.717) is 5.92 Å². The van der Waals surface area contributed by atoms with E-state index in [9.17, 15) is 0 Å². The smallest absolute Gasteiger partial charge is 0.0171 e. The molecular formula is C12H20. The summed E-state index contributed by atoms with van der Waals surface area (Å²) in [6.07, 6.45) is 8.26. The Morgan fingerprint density at radius 2 is 2.00 bits per heavy atom. The molecule has 12 heavy (non-hydrogen) atoms. The molecule has 0 heterocycles. The van der Waals surface area contributed by atoms with Crippen molar-refractivity contribution in [1.29, 1.82) is 0 Å². The van der Waals surface area contributed by atoms with E-state index in [2.05, 4.69) is 45.9 Å². The summed E-state index contributed by atoms with van der Waals surface area (Å²) in [4.78, 5) is 0. The second-order valence-electron chi connectivity index (χ2n) is 4.31. The van der Waals surface area contributed by atoms with E-state index < -0.39 is 0 Å². The van der Waals surface area contributed by atoms with Crippen molar-refractivity contribution in [3.05, 3.63) is 23.8 Å². The van der Waals surface area contributed by atoms with E-state index in [1.54, 1.807) is 0 Å². The lowest BCUT2D eigenvalue weighted by Gasteiger charge is -2.20. The first-order valence-electron chi connectivity index (χ1n) is 4.99. The van der Waals surface area contributed by atoms with Crippen LogP contribution >= 0.6 is 0 Å². The topological polar surface area (TPSA) is 0 Å².